The van der Waals surface area contributed by atoms with Crippen LogP contribution in [-0.2, 0) is 0 Å². The average Bonchev–Trinajstić information content (AvgIpc) is 2.78. The van der Waals surface area contributed by atoms with Crippen molar-refractivity contribution < 1.29 is 4.79 Å². The smallest absolute Gasteiger partial charge is 0.293 e. The molecule has 1 heterocycles. The number of aromatic nitrogens is 3. The van der Waals surface area contributed by atoms with Crippen LogP contribution < -0.4 is 11.1 Å². The molecule has 0 aliphatic carbocycles. The summed E-state index contributed by atoms with van der Waals surface area (Å²) in [5.74, 6) is -0.565. The maximum atomic E-state index is 11.7. The summed E-state index contributed by atoms with van der Waals surface area (Å²) in [4.78, 5) is 15.4. The number of nitriles is 1. The van der Waals surface area contributed by atoms with Gasteiger partial charge in [0.1, 0.15) is 0 Å². The number of carbonyl (C=O) groups excluding carboxylic acids is 1. The minimum atomic E-state index is -0.522. The van der Waals surface area contributed by atoms with Crippen molar-refractivity contribution in [3.8, 4) is 6.07 Å². The first kappa shape index (κ1) is 11.9. The SMILES string of the molecule is N#Cc1ccc(NC(=O)c2nc(N)n[nH]2)c(Cl)c1. The number of nitrogens with two attached hydrogens (primary N) is 1. The molecule has 90 valence electrons. The number of H-pyrrole nitrogens is 1. The molecule has 18 heavy (non-hydrogen) atoms. The number of nitrogens with zero attached hydrogens (tertiary/aromatic N) is 3. The fraction of sp³-hybridized carbons (Fsp3) is 0. The zero-order valence-corrected chi connectivity index (χ0v) is 9.69. The van der Waals surface area contributed by atoms with Crippen molar-refractivity contribution in [1.82, 2.24) is 15.2 Å². The molecule has 8 heteroatoms. The van der Waals surface area contributed by atoms with Crippen molar-refractivity contribution in [2.45, 2.75) is 0 Å². The predicted molar refractivity (Wildman–Crippen MR) is 64.9 cm³/mol. The van der Waals surface area contributed by atoms with Crippen LogP contribution in [0.4, 0.5) is 11.6 Å². The van der Waals surface area contributed by atoms with Crippen molar-refractivity contribution >= 4 is 29.1 Å². The molecular formula is C10H7ClN6O. The van der Waals surface area contributed by atoms with E-state index < -0.39 is 5.91 Å². The summed E-state index contributed by atoms with van der Waals surface area (Å²) in [6.07, 6.45) is 0. The highest BCUT2D eigenvalue weighted by molar-refractivity contribution is 6.34. The molecule has 1 amide bonds. The zero-order valence-electron chi connectivity index (χ0n) is 8.94. The van der Waals surface area contributed by atoms with E-state index in [4.69, 9.17) is 22.6 Å². The van der Waals surface area contributed by atoms with E-state index in [-0.39, 0.29) is 16.8 Å². The maximum absolute atomic E-state index is 11.7. The molecule has 2 rings (SSSR count). The predicted octanol–water partition coefficient (Wildman–Crippen LogP) is 1.16. The van der Waals surface area contributed by atoms with Crippen LogP contribution in [0.25, 0.3) is 0 Å². The Morgan fingerprint density at radius 1 is 1.56 bits per heavy atom. The van der Waals surface area contributed by atoms with Gasteiger partial charge in [-0.05, 0) is 18.2 Å². The Kier molecular flexibility index (Phi) is 3.12. The van der Waals surface area contributed by atoms with E-state index in [0.717, 1.165) is 0 Å². The molecule has 0 radical (unpaired) electrons. The topological polar surface area (TPSA) is 120 Å². The Bertz CT molecular complexity index is 644. The molecular weight excluding hydrogens is 256 g/mol. The van der Waals surface area contributed by atoms with Crippen LogP contribution in [0.5, 0.6) is 0 Å². The number of hydrogen-bond acceptors (Lipinski definition) is 5. The van der Waals surface area contributed by atoms with Crippen molar-refractivity contribution in [3.63, 3.8) is 0 Å². The lowest BCUT2D eigenvalue weighted by atomic mass is 10.2. The number of aromatic amines is 1. The Balaban J connectivity index is 2.20. The second kappa shape index (κ2) is 4.73. The summed E-state index contributed by atoms with van der Waals surface area (Å²) in [6.45, 7) is 0. The lowest BCUT2D eigenvalue weighted by molar-refractivity contribution is 0.101. The summed E-state index contributed by atoms with van der Waals surface area (Å²) in [6, 6.07) is 6.46. The van der Waals surface area contributed by atoms with Crippen LogP contribution in [0.2, 0.25) is 5.02 Å². The molecule has 0 bridgehead atoms. The van der Waals surface area contributed by atoms with E-state index in [9.17, 15) is 4.79 Å². The van der Waals surface area contributed by atoms with Gasteiger partial charge in [0.15, 0.2) is 0 Å². The van der Waals surface area contributed by atoms with Gasteiger partial charge >= 0.3 is 0 Å². The van der Waals surface area contributed by atoms with E-state index in [1.807, 2.05) is 6.07 Å². The molecule has 0 saturated carbocycles. The van der Waals surface area contributed by atoms with Gasteiger partial charge in [-0.2, -0.15) is 10.2 Å². The highest BCUT2D eigenvalue weighted by Gasteiger charge is 2.12. The molecule has 2 aromatic rings. The maximum Gasteiger partial charge on any atom is 0.293 e. The van der Waals surface area contributed by atoms with Crippen LogP contribution >= 0.6 is 11.6 Å². The highest BCUT2D eigenvalue weighted by atomic mass is 35.5. The molecule has 7 nitrogen and oxygen atoms in total. The molecule has 0 aliphatic heterocycles. The lowest BCUT2D eigenvalue weighted by Gasteiger charge is -2.05. The van der Waals surface area contributed by atoms with Crippen LogP contribution in [0.3, 0.4) is 0 Å². The van der Waals surface area contributed by atoms with Gasteiger partial charge in [0, 0.05) is 0 Å². The number of rotatable bonds is 2. The Morgan fingerprint density at radius 2 is 2.33 bits per heavy atom. The van der Waals surface area contributed by atoms with Crippen LogP contribution in [0.1, 0.15) is 16.2 Å². The van der Waals surface area contributed by atoms with Gasteiger partial charge in [-0.1, -0.05) is 11.6 Å². The van der Waals surface area contributed by atoms with Gasteiger partial charge in [0.25, 0.3) is 5.91 Å². The van der Waals surface area contributed by atoms with Crippen LogP contribution in [0.15, 0.2) is 18.2 Å². The van der Waals surface area contributed by atoms with Gasteiger partial charge in [-0.25, -0.2) is 0 Å². The third kappa shape index (κ3) is 2.39. The van der Waals surface area contributed by atoms with E-state index >= 15 is 0 Å². The van der Waals surface area contributed by atoms with Crippen molar-refractivity contribution in [2.75, 3.05) is 11.1 Å². The third-order valence-corrected chi connectivity index (χ3v) is 2.38. The molecule has 4 N–H and O–H groups in total. The molecule has 0 spiro atoms. The van der Waals surface area contributed by atoms with E-state index in [0.29, 0.717) is 11.3 Å². The van der Waals surface area contributed by atoms with Gasteiger partial charge in [-0.3, -0.25) is 9.89 Å². The van der Waals surface area contributed by atoms with Gasteiger partial charge in [0.2, 0.25) is 11.8 Å². The van der Waals surface area contributed by atoms with E-state index in [1.165, 1.54) is 18.2 Å². The summed E-state index contributed by atoms with van der Waals surface area (Å²) < 4.78 is 0. The molecule has 1 aromatic carbocycles. The number of nitrogen functional groups attached to an aromatic ring is 1. The van der Waals surface area contributed by atoms with Crippen molar-refractivity contribution in [3.05, 3.63) is 34.6 Å². The van der Waals surface area contributed by atoms with Gasteiger partial charge < -0.3 is 11.1 Å². The minimum absolute atomic E-state index is 0.0204. The molecule has 0 saturated heterocycles. The number of halogens is 1. The Hall–Kier alpha value is -2.59. The van der Waals surface area contributed by atoms with Crippen molar-refractivity contribution in [1.29, 1.82) is 5.26 Å². The number of benzene rings is 1. The first-order valence-corrected chi connectivity index (χ1v) is 5.17. The van der Waals surface area contributed by atoms with E-state index in [1.54, 1.807) is 0 Å². The van der Waals surface area contributed by atoms with Gasteiger partial charge in [-0.15, -0.1) is 5.10 Å². The lowest BCUT2D eigenvalue weighted by Crippen LogP contribution is -2.14. The molecule has 1 aromatic heterocycles. The molecule has 0 atom stereocenters. The number of nitrogens with one attached hydrogen (secondary N) is 2. The quantitative estimate of drug-likeness (QED) is 0.750. The number of hydrogen-bond donors (Lipinski definition) is 3. The number of anilines is 2. The third-order valence-electron chi connectivity index (χ3n) is 2.06. The average molecular weight is 263 g/mol. The standard InChI is InChI=1S/C10H7ClN6O/c11-6-3-5(4-12)1-2-7(6)14-9(18)8-15-10(13)17-16-8/h1-3H,(H,14,18)(H3,13,15,16,17). The largest absolute Gasteiger partial charge is 0.366 e. The highest BCUT2D eigenvalue weighted by Crippen LogP contribution is 2.23. The van der Waals surface area contributed by atoms with Crippen molar-refractivity contribution in [2.24, 2.45) is 0 Å². The second-order valence-electron chi connectivity index (χ2n) is 3.30. The summed E-state index contributed by atoms with van der Waals surface area (Å²) in [5.41, 5.74) is 6.06. The number of carbonyl (C=O) groups is 1. The van der Waals surface area contributed by atoms with Gasteiger partial charge in [0.05, 0.1) is 22.3 Å². The Labute approximate surface area is 107 Å². The normalized spacial score (nSPS) is 9.78. The summed E-state index contributed by atoms with van der Waals surface area (Å²) >= 11 is 5.91. The number of amides is 1. The fourth-order valence-electron chi connectivity index (χ4n) is 1.24. The summed E-state index contributed by atoms with van der Waals surface area (Å²) in [7, 11) is 0. The fourth-order valence-corrected chi connectivity index (χ4v) is 1.47. The Morgan fingerprint density at radius 3 is 2.89 bits per heavy atom. The second-order valence-corrected chi connectivity index (χ2v) is 3.71. The molecule has 0 aliphatic rings. The molecule has 0 fully saturated rings. The monoisotopic (exact) mass is 262 g/mol. The first-order valence-electron chi connectivity index (χ1n) is 4.79. The summed E-state index contributed by atoms with van der Waals surface area (Å²) in [5, 5.41) is 17.4. The van der Waals surface area contributed by atoms with E-state index in [2.05, 4.69) is 20.5 Å². The first-order chi connectivity index (χ1) is 8.60. The zero-order chi connectivity index (χ0) is 13.1. The minimum Gasteiger partial charge on any atom is -0.366 e. The molecule has 0 unspecified atom stereocenters. The van der Waals surface area contributed by atoms with Crippen LogP contribution in [0, 0.1) is 11.3 Å². The van der Waals surface area contributed by atoms with Crippen LogP contribution in [-0.4, -0.2) is 21.1 Å².